The van der Waals surface area contributed by atoms with E-state index in [0.29, 0.717) is 6.42 Å². The first-order valence-electron chi connectivity index (χ1n) is 5.44. The second-order valence-corrected chi connectivity index (χ2v) is 4.48. The molecule has 0 saturated heterocycles. The molecule has 0 bridgehead atoms. The van der Waals surface area contributed by atoms with Crippen molar-refractivity contribution < 1.29 is 10.0 Å². The Bertz CT molecular complexity index is 287. The number of likely N-dealkylation sites (N-methyl/N-ethyl adjacent to an activating group) is 1. The molecule has 16 heavy (non-hydrogen) atoms. The van der Waals surface area contributed by atoms with E-state index in [-0.39, 0.29) is 23.2 Å². The Hall–Kier alpha value is -1.30. The first kappa shape index (κ1) is 12.8. The topological polar surface area (TPSA) is 99.7 Å². The van der Waals surface area contributed by atoms with Crippen LogP contribution < -0.4 is 16.4 Å². The molecule has 0 radical (unpaired) electrons. The summed E-state index contributed by atoms with van der Waals surface area (Å²) in [6.45, 7) is 2.54. The minimum absolute atomic E-state index is 0.0282. The number of carbonyl (C=O) groups excluding carboxylic acids is 1. The van der Waals surface area contributed by atoms with Gasteiger partial charge in [-0.3, -0.25) is 4.79 Å². The Labute approximate surface area is 95.3 Å². The molecule has 6 heteroatoms. The molecule has 1 unspecified atom stereocenters. The summed E-state index contributed by atoms with van der Waals surface area (Å²) < 4.78 is 0. The summed E-state index contributed by atoms with van der Waals surface area (Å²) in [4.78, 5) is 11.3. The van der Waals surface area contributed by atoms with Crippen LogP contribution in [0.2, 0.25) is 0 Å². The fraction of sp³-hybridized carbons (Fsp3) is 0.800. The zero-order chi connectivity index (χ0) is 12.2. The highest BCUT2D eigenvalue weighted by Crippen LogP contribution is 2.48. The monoisotopic (exact) mass is 228 g/mol. The van der Waals surface area contributed by atoms with Crippen LogP contribution in [-0.4, -0.2) is 36.6 Å². The van der Waals surface area contributed by atoms with E-state index in [0.717, 1.165) is 19.4 Å². The number of nitrogens with zero attached hydrogens (tertiary/aromatic N) is 1. The minimum atomic E-state index is -0.213. The number of amidine groups is 1. The van der Waals surface area contributed by atoms with Crippen LogP contribution in [0, 0.1) is 5.41 Å². The molecule has 1 rings (SSSR count). The van der Waals surface area contributed by atoms with E-state index < -0.39 is 0 Å². The van der Waals surface area contributed by atoms with E-state index in [1.807, 2.05) is 6.92 Å². The number of hydrogen-bond acceptors (Lipinski definition) is 4. The number of nitrogens with one attached hydrogen (secondary N) is 2. The molecule has 6 nitrogen and oxygen atoms in total. The second kappa shape index (κ2) is 5.16. The maximum absolute atomic E-state index is 11.3. The highest BCUT2D eigenvalue weighted by molar-refractivity contribution is 5.81. The first-order chi connectivity index (χ1) is 7.53. The smallest absolute Gasteiger partial charge is 0.236 e. The minimum Gasteiger partial charge on any atom is -0.409 e. The molecule has 1 aliphatic carbocycles. The standard InChI is InChI=1S/C10H20N4O2/c1-7(9(15)12-2)13-6-10(3-4-10)5-8(11)14-16/h7,13,16H,3-6H2,1-2H3,(H2,11,14)(H,12,15). The number of amides is 1. The Morgan fingerprint density at radius 3 is 2.69 bits per heavy atom. The molecule has 1 atom stereocenters. The Balaban J connectivity index is 2.35. The third-order valence-corrected chi connectivity index (χ3v) is 3.06. The molecule has 1 aliphatic rings. The van der Waals surface area contributed by atoms with E-state index in [1.165, 1.54) is 0 Å². The van der Waals surface area contributed by atoms with Crippen LogP contribution in [0.1, 0.15) is 26.2 Å². The predicted octanol–water partition coefficient (Wildman–Crippen LogP) is -0.373. The van der Waals surface area contributed by atoms with Crippen molar-refractivity contribution in [3.8, 4) is 0 Å². The van der Waals surface area contributed by atoms with Gasteiger partial charge in [-0.15, -0.1) is 0 Å². The largest absolute Gasteiger partial charge is 0.409 e. The van der Waals surface area contributed by atoms with Crippen molar-refractivity contribution in [3.63, 3.8) is 0 Å². The lowest BCUT2D eigenvalue weighted by Gasteiger charge is -2.18. The van der Waals surface area contributed by atoms with Crippen molar-refractivity contribution in [1.29, 1.82) is 0 Å². The zero-order valence-corrected chi connectivity index (χ0v) is 9.79. The van der Waals surface area contributed by atoms with Gasteiger partial charge in [0.25, 0.3) is 0 Å². The van der Waals surface area contributed by atoms with Gasteiger partial charge in [-0.05, 0) is 25.2 Å². The quantitative estimate of drug-likeness (QED) is 0.216. The van der Waals surface area contributed by atoms with Crippen molar-refractivity contribution >= 4 is 11.7 Å². The van der Waals surface area contributed by atoms with Gasteiger partial charge in [0.2, 0.25) is 5.91 Å². The van der Waals surface area contributed by atoms with E-state index in [4.69, 9.17) is 10.9 Å². The van der Waals surface area contributed by atoms with Gasteiger partial charge in [-0.2, -0.15) is 0 Å². The lowest BCUT2D eigenvalue weighted by molar-refractivity contribution is -0.122. The van der Waals surface area contributed by atoms with Crippen LogP contribution in [0.3, 0.4) is 0 Å². The maximum atomic E-state index is 11.3. The SMILES string of the molecule is CNC(=O)C(C)NCC1(CC(N)=NO)CC1. The van der Waals surface area contributed by atoms with E-state index in [9.17, 15) is 4.79 Å². The summed E-state index contributed by atoms with van der Waals surface area (Å²) in [5, 5.41) is 17.2. The van der Waals surface area contributed by atoms with Crippen molar-refractivity contribution in [1.82, 2.24) is 10.6 Å². The molecule has 5 N–H and O–H groups in total. The molecule has 0 heterocycles. The van der Waals surface area contributed by atoms with Crippen LogP contribution >= 0.6 is 0 Å². The highest BCUT2D eigenvalue weighted by Gasteiger charge is 2.43. The molecule has 0 aromatic heterocycles. The third-order valence-electron chi connectivity index (χ3n) is 3.06. The van der Waals surface area contributed by atoms with Gasteiger partial charge in [0.05, 0.1) is 6.04 Å². The van der Waals surface area contributed by atoms with Crippen molar-refractivity contribution in [3.05, 3.63) is 0 Å². The molecular formula is C10H20N4O2. The van der Waals surface area contributed by atoms with Crippen LogP contribution in [0.25, 0.3) is 0 Å². The van der Waals surface area contributed by atoms with Crippen molar-refractivity contribution in [2.75, 3.05) is 13.6 Å². The van der Waals surface area contributed by atoms with Gasteiger partial charge < -0.3 is 21.6 Å². The number of carbonyl (C=O) groups is 1. The summed E-state index contributed by atoms with van der Waals surface area (Å²) in [5.41, 5.74) is 5.57. The second-order valence-electron chi connectivity index (χ2n) is 4.48. The van der Waals surface area contributed by atoms with Crippen molar-refractivity contribution in [2.45, 2.75) is 32.2 Å². The molecule has 0 aromatic rings. The molecular weight excluding hydrogens is 208 g/mol. The third kappa shape index (κ3) is 3.37. The van der Waals surface area contributed by atoms with E-state index >= 15 is 0 Å². The van der Waals surface area contributed by atoms with Gasteiger partial charge >= 0.3 is 0 Å². The van der Waals surface area contributed by atoms with E-state index in [2.05, 4.69) is 15.8 Å². The molecule has 92 valence electrons. The van der Waals surface area contributed by atoms with Gasteiger partial charge in [-0.25, -0.2) is 0 Å². The average molecular weight is 228 g/mol. The highest BCUT2D eigenvalue weighted by atomic mass is 16.4. The van der Waals surface area contributed by atoms with Gasteiger partial charge in [0, 0.05) is 20.0 Å². The van der Waals surface area contributed by atoms with Crippen LogP contribution in [0.4, 0.5) is 0 Å². The molecule has 1 amide bonds. The Morgan fingerprint density at radius 1 is 1.62 bits per heavy atom. The summed E-state index contributed by atoms with van der Waals surface area (Å²) >= 11 is 0. The summed E-state index contributed by atoms with van der Waals surface area (Å²) in [5.74, 6) is 0.228. The lowest BCUT2D eigenvalue weighted by Crippen LogP contribution is -2.43. The van der Waals surface area contributed by atoms with Crippen molar-refractivity contribution in [2.24, 2.45) is 16.3 Å². The van der Waals surface area contributed by atoms with Crippen LogP contribution in [0.15, 0.2) is 5.16 Å². The zero-order valence-electron chi connectivity index (χ0n) is 9.79. The normalized spacial score (nSPS) is 20.2. The fourth-order valence-corrected chi connectivity index (χ4v) is 1.69. The number of hydrogen-bond donors (Lipinski definition) is 4. The summed E-state index contributed by atoms with van der Waals surface area (Å²) in [6, 6.07) is -0.213. The summed E-state index contributed by atoms with van der Waals surface area (Å²) in [6.07, 6.45) is 2.68. The molecule has 1 fully saturated rings. The molecule has 0 aromatic carbocycles. The molecule has 0 aliphatic heterocycles. The predicted molar refractivity (Wildman–Crippen MR) is 61.2 cm³/mol. The number of oxime groups is 1. The number of rotatable bonds is 6. The van der Waals surface area contributed by atoms with Gasteiger partial charge in [0.15, 0.2) is 0 Å². The Kier molecular flexibility index (Phi) is 4.12. The summed E-state index contributed by atoms with van der Waals surface area (Å²) in [7, 11) is 1.61. The molecule has 1 saturated carbocycles. The van der Waals surface area contributed by atoms with Crippen LogP contribution in [0.5, 0.6) is 0 Å². The van der Waals surface area contributed by atoms with Crippen LogP contribution in [-0.2, 0) is 4.79 Å². The number of nitrogens with two attached hydrogens (primary N) is 1. The van der Waals surface area contributed by atoms with Gasteiger partial charge in [-0.1, -0.05) is 5.16 Å². The fourth-order valence-electron chi connectivity index (χ4n) is 1.69. The van der Waals surface area contributed by atoms with E-state index in [1.54, 1.807) is 7.05 Å². The lowest BCUT2D eigenvalue weighted by atomic mass is 10.0. The molecule has 0 spiro atoms. The Morgan fingerprint density at radius 2 is 2.25 bits per heavy atom. The first-order valence-corrected chi connectivity index (χ1v) is 5.44. The average Bonchev–Trinajstić information content (AvgIpc) is 3.05. The van der Waals surface area contributed by atoms with Gasteiger partial charge in [0.1, 0.15) is 5.84 Å². The maximum Gasteiger partial charge on any atom is 0.236 e.